The van der Waals surface area contributed by atoms with Crippen molar-refractivity contribution < 1.29 is 13.2 Å². The van der Waals surface area contributed by atoms with Crippen LogP contribution in [0.25, 0.3) is 0 Å². The largest absolute Gasteiger partial charge is 0.337 e. The highest BCUT2D eigenvalue weighted by atomic mass is 32.2. The fourth-order valence-corrected chi connectivity index (χ4v) is 4.86. The van der Waals surface area contributed by atoms with Crippen LogP contribution in [0.15, 0.2) is 65.6 Å². The lowest BCUT2D eigenvalue weighted by atomic mass is 9.97. The molecule has 1 fully saturated rings. The number of rotatable bonds is 6. The molecule has 1 aliphatic heterocycles. The summed E-state index contributed by atoms with van der Waals surface area (Å²) in [6, 6.07) is 18.4. The number of benzene rings is 2. The molecule has 2 aromatic rings. The van der Waals surface area contributed by atoms with Gasteiger partial charge in [0.1, 0.15) is 0 Å². The Hall–Kier alpha value is -2.38. The molecular weight excluding hydrogens is 374 g/mol. The van der Waals surface area contributed by atoms with Crippen LogP contribution in [0.4, 0.5) is 4.79 Å². The second-order valence-corrected chi connectivity index (χ2v) is 8.84. The van der Waals surface area contributed by atoms with E-state index in [0.29, 0.717) is 37.6 Å². The summed E-state index contributed by atoms with van der Waals surface area (Å²) in [5.74, 6) is 0.268. The summed E-state index contributed by atoms with van der Waals surface area (Å²) < 4.78 is 26.8. The van der Waals surface area contributed by atoms with Gasteiger partial charge in [0.25, 0.3) is 0 Å². The topological polar surface area (TPSA) is 69.7 Å². The van der Waals surface area contributed by atoms with Crippen molar-refractivity contribution in [2.75, 3.05) is 32.7 Å². The molecule has 1 aliphatic rings. The Morgan fingerprint density at radius 1 is 0.964 bits per heavy atom. The van der Waals surface area contributed by atoms with Crippen molar-refractivity contribution in [2.24, 2.45) is 0 Å². The Bertz CT molecular complexity index is 864. The predicted octanol–water partition coefficient (Wildman–Crippen LogP) is 2.90. The van der Waals surface area contributed by atoms with Gasteiger partial charge in [0, 0.05) is 38.6 Å². The van der Waals surface area contributed by atoms with Gasteiger partial charge in [0.15, 0.2) is 0 Å². The van der Waals surface area contributed by atoms with Gasteiger partial charge < -0.3 is 10.2 Å². The van der Waals surface area contributed by atoms with Gasteiger partial charge in [-0.05, 0) is 24.1 Å². The molecule has 2 amide bonds. The summed E-state index contributed by atoms with van der Waals surface area (Å²) >= 11 is 0. The average molecular weight is 402 g/mol. The third-order valence-corrected chi connectivity index (χ3v) is 7.08. The van der Waals surface area contributed by atoms with E-state index in [-0.39, 0.29) is 11.9 Å². The highest BCUT2D eigenvalue weighted by Gasteiger charge is 2.30. The van der Waals surface area contributed by atoms with E-state index in [1.807, 2.05) is 18.2 Å². The Kier molecular flexibility index (Phi) is 6.70. The van der Waals surface area contributed by atoms with Gasteiger partial charge >= 0.3 is 6.03 Å². The van der Waals surface area contributed by atoms with Crippen LogP contribution in [-0.4, -0.2) is 56.4 Å². The van der Waals surface area contributed by atoms with E-state index >= 15 is 0 Å². The molecule has 3 rings (SSSR count). The molecule has 0 saturated carbocycles. The van der Waals surface area contributed by atoms with Crippen molar-refractivity contribution in [3.8, 4) is 0 Å². The first-order valence-corrected chi connectivity index (χ1v) is 11.1. The summed E-state index contributed by atoms with van der Waals surface area (Å²) in [7, 11) is -3.50. The monoisotopic (exact) mass is 401 g/mol. The maximum absolute atomic E-state index is 12.7. The Morgan fingerprint density at radius 2 is 1.54 bits per heavy atom. The van der Waals surface area contributed by atoms with Gasteiger partial charge in [-0.3, -0.25) is 0 Å². The number of hydrogen-bond acceptors (Lipinski definition) is 3. The minimum Gasteiger partial charge on any atom is -0.337 e. The second-order valence-electron chi connectivity index (χ2n) is 6.91. The minimum absolute atomic E-state index is 0.133. The molecule has 150 valence electrons. The molecule has 6 nitrogen and oxygen atoms in total. The first-order chi connectivity index (χ1) is 13.5. The number of amides is 2. The van der Waals surface area contributed by atoms with E-state index in [1.165, 1.54) is 9.87 Å². The SMILES string of the molecule is CC[C@@H](CNC(=O)N1CCN(S(=O)(=O)c2ccccc2)CC1)c1ccccc1. The zero-order chi connectivity index (χ0) is 20.0. The van der Waals surface area contributed by atoms with Crippen LogP contribution < -0.4 is 5.32 Å². The third kappa shape index (κ3) is 4.72. The summed E-state index contributed by atoms with van der Waals surface area (Å²) in [4.78, 5) is 14.5. The van der Waals surface area contributed by atoms with E-state index in [9.17, 15) is 13.2 Å². The van der Waals surface area contributed by atoms with Crippen LogP contribution >= 0.6 is 0 Å². The van der Waals surface area contributed by atoms with Crippen molar-refractivity contribution in [1.29, 1.82) is 0 Å². The quantitative estimate of drug-likeness (QED) is 0.809. The number of carbonyl (C=O) groups excluding carboxylic acids is 1. The zero-order valence-electron chi connectivity index (χ0n) is 16.1. The number of sulfonamides is 1. The van der Waals surface area contributed by atoms with Crippen molar-refractivity contribution in [2.45, 2.75) is 24.2 Å². The normalized spacial score (nSPS) is 16.5. The fourth-order valence-electron chi connectivity index (χ4n) is 3.42. The summed E-state index contributed by atoms with van der Waals surface area (Å²) in [5.41, 5.74) is 1.21. The predicted molar refractivity (Wildman–Crippen MR) is 110 cm³/mol. The van der Waals surface area contributed by atoms with E-state index < -0.39 is 10.0 Å². The van der Waals surface area contributed by atoms with Crippen LogP contribution in [0.2, 0.25) is 0 Å². The zero-order valence-corrected chi connectivity index (χ0v) is 16.9. The van der Waals surface area contributed by atoms with E-state index in [4.69, 9.17) is 0 Å². The number of nitrogens with zero attached hydrogens (tertiary/aromatic N) is 2. The first-order valence-electron chi connectivity index (χ1n) is 9.65. The maximum atomic E-state index is 12.7. The lowest BCUT2D eigenvalue weighted by Gasteiger charge is -2.34. The Labute approximate surface area is 167 Å². The van der Waals surface area contributed by atoms with Crippen molar-refractivity contribution in [1.82, 2.24) is 14.5 Å². The third-order valence-electron chi connectivity index (χ3n) is 5.17. The molecule has 1 atom stereocenters. The van der Waals surface area contributed by atoms with E-state index in [2.05, 4.69) is 24.4 Å². The molecule has 0 bridgehead atoms. The molecule has 7 heteroatoms. The number of piperazine rings is 1. The summed E-state index contributed by atoms with van der Waals surface area (Å²) in [5, 5.41) is 3.01. The summed E-state index contributed by atoms with van der Waals surface area (Å²) in [6.07, 6.45) is 0.938. The smallest absolute Gasteiger partial charge is 0.317 e. The van der Waals surface area contributed by atoms with E-state index in [0.717, 1.165) is 6.42 Å². The van der Waals surface area contributed by atoms with Gasteiger partial charge in [-0.25, -0.2) is 13.2 Å². The molecule has 0 aromatic heterocycles. The molecule has 0 radical (unpaired) electrons. The fraction of sp³-hybridized carbons (Fsp3) is 0.381. The number of nitrogens with one attached hydrogen (secondary N) is 1. The molecule has 28 heavy (non-hydrogen) atoms. The molecule has 0 aliphatic carbocycles. The number of carbonyl (C=O) groups is 1. The van der Waals surface area contributed by atoms with E-state index in [1.54, 1.807) is 35.2 Å². The minimum atomic E-state index is -3.50. The first kappa shape index (κ1) is 20.4. The van der Waals surface area contributed by atoms with Crippen molar-refractivity contribution >= 4 is 16.1 Å². The van der Waals surface area contributed by atoms with Crippen LogP contribution in [0.1, 0.15) is 24.8 Å². The van der Waals surface area contributed by atoms with Gasteiger partial charge in [-0.1, -0.05) is 55.5 Å². The van der Waals surface area contributed by atoms with Gasteiger partial charge in [-0.15, -0.1) is 0 Å². The maximum Gasteiger partial charge on any atom is 0.317 e. The summed E-state index contributed by atoms with van der Waals surface area (Å²) in [6.45, 7) is 4.07. The van der Waals surface area contributed by atoms with Gasteiger partial charge in [-0.2, -0.15) is 4.31 Å². The molecule has 1 heterocycles. The molecule has 0 spiro atoms. The Balaban J connectivity index is 1.52. The van der Waals surface area contributed by atoms with Crippen LogP contribution in [0, 0.1) is 0 Å². The van der Waals surface area contributed by atoms with Gasteiger partial charge in [0.05, 0.1) is 4.90 Å². The van der Waals surface area contributed by atoms with Crippen LogP contribution in [0.3, 0.4) is 0 Å². The van der Waals surface area contributed by atoms with Crippen molar-refractivity contribution in [3.63, 3.8) is 0 Å². The molecule has 0 unspecified atom stereocenters. The Morgan fingerprint density at radius 3 is 2.11 bits per heavy atom. The molecular formula is C21H27N3O3S. The number of hydrogen-bond donors (Lipinski definition) is 1. The highest BCUT2D eigenvalue weighted by molar-refractivity contribution is 7.89. The highest BCUT2D eigenvalue weighted by Crippen LogP contribution is 2.19. The molecule has 1 saturated heterocycles. The lowest BCUT2D eigenvalue weighted by molar-refractivity contribution is 0.171. The number of urea groups is 1. The molecule has 1 N–H and O–H groups in total. The second kappa shape index (κ2) is 9.21. The van der Waals surface area contributed by atoms with Crippen LogP contribution in [0.5, 0.6) is 0 Å². The van der Waals surface area contributed by atoms with Crippen molar-refractivity contribution in [3.05, 3.63) is 66.2 Å². The average Bonchev–Trinajstić information content (AvgIpc) is 2.75. The van der Waals surface area contributed by atoms with Crippen LogP contribution in [-0.2, 0) is 10.0 Å². The van der Waals surface area contributed by atoms with Gasteiger partial charge in [0.2, 0.25) is 10.0 Å². The molecule has 2 aromatic carbocycles. The standard InChI is InChI=1S/C21H27N3O3S/c1-2-18(19-9-5-3-6-10-19)17-22-21(25)23-13-15-24(16-14-23)28(26,27)20-11-7-4-8-12-20/h3-12,18H,2,13-17H2,1H3,(H,22,25)/t18-/m0/s1. The lowest BCUT2D eigenvalue weighted by Crippen LogP contribution is -2.53.